The van der Waals surface area contributed by atoms with Crippen molar-refractivity contribution < 1.29 is 4.79 Å². The number of hydrogen-bond donors (Lipinski definition) is 2. The van der Waals surface area contributed by atoms with Gasteiger partial charge < -0.3 is 11.1 Å². The molecule has 0 saturated carbocycles. The zero-order valence-electron chi connectivity index (χ0n) is 9.70. The lowest BCUT2D eigenvalue weighted by Crippen LogP contribution is -2.47. The molecule has 1 aromatic heterocycles. The maximum Gasteiger partial charge on any atom is 0.236 e. The molecule has 0 bridgehead atoms. The summed E-state index contributed by atoms with van der Waals surface area (Å²) in [6.45, 7) is 6.16. The number of hydrogen-bond acceptors (Lipinski definition) is 3. The Kier molecular flexibility index (Phi) is 4.32. The van der Waals surface area contributed by atoms with Gasteiger partial charge in [-0.3, -0.25) is 9.48 Å². The third-order valence-electron chi connectivity index (χ3n) is 2.28. The highest BCUT2D eigenvalue weighted by molar-refractivity contribution is 6.31. The molecule has 0 aliphatic carbocycles. The minimum absolute atomic E-state index is 0.184. The van der Waals surface area contributed by atoms with E-state index in [2.05, 4.69) is 10.4 Å². The fraction of sp³-hybridized carbons (Fsp3) is 0.600. The lowest BCUT2D eigenvalue weighted by atomic mass is 10.2. The van der Waals surface area contributed by atoms with Gasteiger partial charge in [-0.05, 0) is 6.92 Å². The molecule has 1 heterocycles. The molecule has 0 aromatic carbocycles. The van der Waals surface area contributed by atoms with E-state index in [1.54, 1.807) is 10.9 Å². The Labute approximate surface area is 99.9 Å². The Balaban J connectivity index is 2.76. The number of nitrogens with two attached hydrogens (primary N) is 1. The number of nitrogens with one attached hydrogen (secondary N) is 1. The number of carbonyl (C=O) groups excluding carboxylic acids is 1. The highest BCUT2D eigenvalue weighted by Gasteiger charge is 2.18. The van der Waals surface area contributed by atoms with Crippen LogP contribution in [0, 0.1) is 6.92 Å². The standard InChI is InChI=1S/C10H17ClN4O/c1-6(2)14-9(10(12)16)5-15-7(3)8(11)4-13-15/h4,6,9,14H,5H2,1-3H3,(H2,12,16). The average Bonchev–Trinajstić information content (AvgIpc) is 2.47. The second-order valence-electron chi connectivity index (χ2n) is 4.04. The SMILES string of the molecule is Cc1c(Cl)cnn1CC(NC(C)C)C(N)=O. The van der Waals surface area contributed by atoms with Gasteiger partial charge in [-0.1, -0.05) is 25.4 Å². The van der Waals surface area contributed by atoms with E-state index in [9.17, 15) is 4.79 Å². The quantitative estimate of drug-likeness (QED) is 0.801. The molecule has 0 saturated heterocycles. The van der Waals surface area contributed by atoms with Gasteiger partial charge in [0.2, 0.25) is 5.91 Å². The van der Waals surface area contributed by atoms with Crippen LogP contribution in [0.15, 0.2) is 6.20 Å². The van der Waals surface area contributed by atoms with E-state index in [0.717, 1.165) is 5.69 Å². The van der Waals surface area contributed by atoms with E-state index in [4.69, 9.17) is 17.3 Å². The fourth-order valence-corrected chi connectivity index (χ4v) is 1.55. The molecule has 6 heteroatoms. The van der Waals surface area contributed by atoms with Crippen LogP contribution >= 0.6 is 11.6 Å². The van der Waals surface area contributed by atoms with Crippen LogP contribution in [0.4, 0.5) is 0 Å². The first-order valence-electron chi connectivity index (χ1n) is 5.15. The van der Waals surface area contributed by atoms with Crippen LogP contribution in [0.3, 0.4) is 0 Å². The number of halogens is 1. The fourth-order valence-electron chi connectivity index (χ4n) is 1.41. The summed E-state index contributed by atoms with van der Waals surface area (Å²) in [5.74, 6) is -0.389. The van der Waals surface area contributed by atoms with Crippen molar-refractivity contribution in [2.45, 2.75) is 39.4 Å². The van der Waals surface area contributed by atoms with E-state index in [-0.39, 0.29) is 11.9 Å². The average molecular weight is 245 g/mol. The normalized spacial score (nSPS) is 13.1. The van der Waals surface area contributed by atoms with E-state index < -0.39 is 6.04 Å². The van der Waals surface area contributed by atoms with Crippen molar-refractivity contribution in [2.24, 2.45) is 5.73 Å². The molecular weight excluding hydrogens is 228 g/mol. The second-order valence-corrected chi connectivity index (χ2v) is 4.44. The van der Waals surface area contributed by atoms with Crippen LogP contribution in [-0.4, -0.2) is 27.8 Å². The third-order valence-corrected chi connectivity index (χ3v) is 2.65. The molecule has 0 radical (unpaired) electrons. The summed E-state index contributed by atoms with van der Waals surface area (Å²) in [6.07, 6.45) is 1.56. The van der Waals surface area contributed by atoms with Gasteiger partial charge in [-0.15, -0.1) is 0 Å². The Hall–Kier alpha value is -1.07. The van der Waals surface area contributed by atoms with Crippen LogP contribution in [0.5, 0.6) is 0 Å². The summed E-state index contributed by atoms with van der Waals surface area (Å²) in [6, 6.07) is -0.251. The largest absolute Gasteiger partial charge is 0.368 e. The highest BCUT2D eigenvalue weighted by Crippen LogP contribution is 2.13. The van der Waals surface area contributed by atoms with Crippen molar-refractivity contribution in [3.63, 3.8) is 0 Å². The molecule has 0 fully saturated rings. The number of rotatable bonds is 5. The number of primary amides is 1. The van der Waals surface area contributed by atoms with Gasteiger partial charge in [0.05, 0.1) is 23.5 Å². The first-order valence-corrected chi connectivity index (χ1v) is 5.53. The molecule has 1 rings (SSSR count). The van der Waals surface area contributed by atoms with Crippen LogP contribution in [0.1, 0.15) is 19.5 Å². The Morgan fingerprint density at radius 3 is 2.69 bits per heavy atom. The van der Waals surface area contributed by atoms with Gasteiger partial charge in [0.25, 0.3) is 0 Å². The predicted molar refractivity (Wildman–Crippen MR) is 63.2 cm³/mol. The van der Waals surface area contributed by atoms with Gasteiger partial charge in [-0.25, -0.2) is 0 Å². The van der Waals surface area contributed by atoms with Crippen molar-refractivity contribution in [1.82, 2.24) is 15.1 Å². The minimum atomic E-state index is -0.435. The van der Waals surface area contributed by atoms with E-state index in [1.807, 2.05) is 20.8 Å². The van der Waals surface area contributed by atoms with Crippen molar-refractivity contribution in [1.29, 1.82) is 0 Å². The smallest absolute Gasteiger partial charge is 0.236 e. The first kappa shape index (κ1) is 13.0. The first-order chi connectivity index (χ1) is 7.41. The zero-order chi connectivity index (χ0) is 12.3. The van der Waals surface area contributed by atoms with Gasteiger partial charge in [0.1, 0.15) is 6.04 Å². The molecule has 1 aromatic rings. The van der Waals surface area contributed by atoms with Gasteiger partial charge in [0, 0.05) is 6.04 Å². The summed E-state index contributed by atoms with van der Waals surface area (Å²) >= 11 is 5.88. The lowest BCUT2D eigenvalue weighted by Gasteiger charge is -2.18. The minimum Gasteiger partial charge on any atom is -0.368 e. The predicted octanol–water partition coefficient (Wildman–Crippen LogP) is 0.697. The summed E-state index contributed by atoms with van der Waals surface area (Å²) in [5.41, 5.74) is 6.15. The molecule has 16 heavy (non-hydrogen) atoms. The van der Waals surface area contributed by atoms with Crippen LogP contribution in [0.25, 0.3) is 0 Å². The lowest BCUT2D eigenvalue weighted by molar-refractivity contribution is -0.120. The molecule has 1 atom stereocenters. The van der Waals surface area contributed by atoms with E-state index in [0.29, 0.717) is 11.6 Å². The summed E-state index contributed by atoms with van der Waals surface area (Å²) in [7, 11) is 0. The van der Waals surface area contributed by atoms with Crippen molar-refractivity contribution in [3.05, 3.63) is 16.9 Å². The summed E-state index contributed by atoms with van der Waals surface area (Å²) in [5, 5.41) is 7.76. The van der Waals surface area contributed by atoms with Crippen molar-refractivity contribution in [2.75, 3.05) is 0 Å². The third kappa shape index (κ3) is 3.21. The number of nitrogens with zero attached hydrogens (tertiary/aromatic N) is 2. The molecule has 1 amide bonds. The van der Waals surface area contributed by atoms with Crippen LogP contribution in [-0.2, 0) is 11.3 Å². The Morgan fingerprint density at radius 1 is 1.69 bits per heavy atom. The topological polar surface area (TPSA) is 72.9 Å². The maximum absolute atomic E-state index is 11.2. The number of amides is 1. The molecule has 3 N–H and O–H groups in total. The molecule has 90 valence electrons. The highest BCUT2D eigenvalue weighted by atomic mass is 35.5. The van der Waals surface area contributed by atoms with Gasteiger partial charge in [-0.2, -0.15) is 5.10 Å². The van der Waals surface area contributed by atoms with Crippen LogP contribution < -0.4 is 11.1 Å². The van der Waals surface area contributed by atoms with Gasteiger partial charge in [0.15, 0.2) is 0 Å². The number of carbonyl (C=O) groups is 1. The van der Waals surface area contributed by atoms with Crippen molar-refractivity contribution in [3.8, 4) is 0 Å². The molecule has 0 aliphatic heterocycles. The summed E-state index contributed by atoms with van der Waals surface area (Å²) in [4.78, 5) is 11.2. The van der Waals surface area contributed by atoms with E-state index >= 15 is 0 Å². The molecule has 0 spiro atoms. The Morgan fingerprint density at radius 2 is 2.31 bits per heavy atom. The molecule has 0 aliphatic rings. The Bertz CT molecular complexity index is 375. The summed E-state index contributed by atoms with van der Waals surface area (Å²) < 4.78 is 1.67. The molecule has 1 unspecified atom stereocenters. The van der Waals surface area contributed by atoms with Crippen molar-refractivity contribution >= 4 is 17.5 Å². The molecular formula is C10H17ClN4O. The van der Waals surface area contributed by atoms with Gasteiger partial charge >= 0.3 is 0 Å². The zero-order valence-corrected chi connectivity index (χ0v) is 10.5. The monoisotopic (exact) mass is 244 g/mol. The second kappa shape index (κ2) is 5.32. The van der Waals surface area contributed by atoms with E-state index in [1.165, 1.54) is 0 Å². The molecule has 5 nitrogen and oxygen atoms in total. The number of aromatic nitrogens is 2. The maximum atomic E-state index is 11.2. The van der Waals surface area contributed by atoms with Crippen LogP contribution in [0.2, 0.25) is 5.02 Å².